The van der Waals surface area contributed by atoms with E-state index in [1.807, 2.05) is 0 Å². The summed E-state index contributed by atoms with van der Waals surface area (Å²) in [5.74, 6) is -1.04. The second-order valence-electron chi connectivity index (χ2n) is 5.37. The Kier molecular flexibility index (Phi) is 3.79. The van der Waals surface area contributed by atoms with E-state index in [1.165, 1.54) is 23.5 Å². The third-order valence-corrected chi connectivity index (χ3v) is 3.99. The lowest BCUT2D eigenvalue weighted by molar-refractivity contribution is 0.0529. The van der Waals surface area contributed by atoms with E-state index in [0.29, 0.717) is 24.2 Å². The maximum absolute atomic E-state index is 12.0. The average Bonchev–Trinajstić information content (AvgIpc) is 3.06. The number of aromatic amines is 1. The highest BCUT2D eigenvalue weighted by Gasteiger charge is 2.17. The highest BCUT2D eigenvalue weighted by atomic mass is 16.5. The Labute approximate surface area is 121 Å². The van der Waals surface area contributed by atoms with Crippen LogP contribution >= 0.6 is 0 Å². The van der Waals surface area contributed by atoms with Crippen molar-refractivity contribution >= 4 is 17.0 Å². The van der Waals surface area contributed by atoms with Crippen LogP contribution in [0.2, 0.25) is 0 Å². The molecular formula is C15H18N2O4. The molecule has 0 bridgehead atoms. The fourth-order valence-corrected chi connectivity index (χ4v) is 2.97. The monoisotopic (exact) mass is 290 g/mol. The van der Waals surface area contributed by atoms with Gasteiger partial charge < -0.3 is 14.8 Å². The van der Waals surface area contributed by atoms with Crippen LogP contribution in [-0.2, 0) is 11.3 Å². The summed E-state index contributed by atoms with van der Waals surface area (Å²) in [6.45, 7) is 0.783. The number of aromatic nitrogens is 2. The van der Waals surface area contributed by atoms with Gasteiger partial charge in [0.05, 0.1) is 35.9 Å². The Bertz CT molecular complexity index is 710. The molecule has 2 N–H and O–H groups in total. The van der Waals surface area contributed by atoms with Gasteiger partial charge in [0.2, 0.25) is 0 Å². The van der Waals surface area contributed by atoms with Gasteiger partial charge in [0, 0.05) is 0 Å². The van der Waals surface area contributed by atoms with Gasteiger partial charge in [-0.2, -0.15) is 0 Å². The number of aromatic carboxylic acids is 1. The smallest absolute Gasteiger partial charge is 0.337 e. The van der Waals surface area contributed by atoms with E-state index in [4.69, 9.17) is 4.74 Å². The van der Waals surface area contributed by atoms with Gasteiger partial charge in [-0.3, -0.25) is 4.57 Å². The van der Waals surface area contributed by atoms with E-state index in [0.717, 1.165) is 12.8 Å². The summed E-state index contributed by atoms with van der Waals surface area (Å²) in [5.41, 5.74) is 0.811. The summed E-state index contributed by atoms with van der Waals surface area (Å²) in [4.78, 5) is 26.0. The molecule has 2 aromatic rings. The van der Waals surface area contributed by atoms with E-state index in [1.54, 1.807) is 12.1 Å². The number of carboxylic acids is 1. The number of carboxylic acid groups (broad SMARTS) is 1. The maximum Gasteiger partial charge on any atom is 0.337 e. The van der Waals surface area contributed by atoms with E-state index >= 15 is 0 Å². The minimum absolute atomic E-state index is 0.131. The molecule has 1 heterocycles. The van der Waals surface area contributed by atoms with E-state index < -0.39 is 5.97 Å². The number of para-hydroxylation sites is 1. The summed E-state index contributed by atoms with van der Waals surface area (Å²) < 4.78 is 7.21. The van der Waals surface area contributed by atoms with Gasteiger partial charge in [0.1, 0.15) is 0 Å². The van der Waals surface area contributed by atoms with Crippen molar-refractivity contribution in [1.29, 1.82) is 0 Å². The van der Waals surface area contributed by atoms with Gasteiger partial charge in [-0.1, -0.05) is 18.9 Å². The number of fused-ring (bicyclic) bond motifs is 1. The zero-order valence-electron chi connectivity index (χ0n) is 11.7. The molecule has 0 saturated heterocycles. The number of rotatable bonds is 5. The first-order valence-electron chi connectivity index (χ1n) is 7.23. The Morgan fingerprint density at radius 1 is 1.38 bits per heavy atom. The minimum Gasteiger partial charge on any atom is -0.478 e. The third kappa shape index (κ3) is 2.71. The number of nitrogens with one attached hydrogen (secondary N) is 1. The van der Waals surface area contributed by atoms with Gasteiger partial charge in [0.15, 0.2) is 0 Å². The molecule has 0 unspecified atom stereocenters. The van der Waals surface area contributed by atoms with Crippen LogP contribution in [0.4, 0.5) is 0 Å². The molecule has 6 nitrogen and oxygen atoms in total. The Morgan fingerprint density at radius 2 is 2.14 bits per heavy atom. The molecule has 112 valence electrons. The fourth-order valence-electron chi connectivity index (χ4n) is 2.97. The molecule has 1 aliphatic rings. The van der Waals surface area contributed by atoms with Crippen LogP contribution in [0.25, 0.3) is 11.0 Å². The standard InChI is InChI=1S/C15H18N2O4/c18-14(19)11-6-3-7-12-13(11)17(15(20)16-12)8-9-21-10-4-1-2-5-10/h3,6-7,10H,1-2,4-5,8-9H2,(H,16,20)(H,18,19). The molecule has 1 saturated carbocycles. The predicted octanol–water partition coefficient (Wildman–Crippen LogP) is 1.99. The molecule has 0 spiro atoms. The van der Waals surface area contributed by atoms with Crippen molar-refractivity contribution in [3.63, 3.8) is 0 Å². The molecule has 1 fully saturated rings. The van der Waals surface area contributed by atoms with Crippen molar-refractivity contribution in [1.82, 2.24) is 9.55 Å². The van der Waals surface area contributed by atoms with Crippen molar-refractivity contribution in [3.05, 3.63) is 34.2 Å². The van der Waals surface area contributed by atoms with Crippen LogP contribution < -0.4 is 5.69 Å². The summed E-state index contributed by atoms with van der Waals surface area (Å²) in [7, 11) is 0. The molecule has 0 aliphatic heterocycles. The molecule has 0 atom stereocenters. The third-order valence-electron chi connectivity index (χ3n) is 3.99. The number of benzene rings is 1. The topological polar surface area (TPSA) is 84.3 Å². The van der Waals surface area contributed by atoms with Gasteiger partial charge >= 0.3 is 11.7 Å². The lowest BCUT2D eigenvalue weighted by atomic mass is 10.2. The van der Waals surface area contributed by atoms with Crippen molar-refractivity contribution in [2.45, 2.75) is 38.3 Å². The van der Waals surface area contributed by atoms with Gasteiger partial charge in [0.25, 0.3) is 0 Å². The molecule has 1 aromatic heterocycles. The Balaban J connectivity index is 1.85. The molecule has 3 rings (SSSR count). The summed E-state index contributed by atoms with van der Waals surface area (Å²) in [5, 5.41) is 9.25. The number of hydrogen-bond acceptors (Lipinski definition) is 3. The van der Waals surface area contributed by atoms with Crippen LogP contribution in [0.5, 0.6) is 0 Å². The van der Waals surface area contributed by atoms with Crippen LogP contribution in [0.3, 0.4) is 0 Å². The average molecular weight is 290 g/mol. The van der Waals surface area contributed by atoms with Gasteiger partial charge in [-0.25, -0.2) is 9.59 Å². The second-order valence-corrected chi connectivity index (χ2v) is 5.37. The summed E-state index contributed by atoms with van der Waals surface area (Å²) in [6, 6.07) is 4.84. The number of carbonyl (C=O) groups is 1. The largest absolute Gasteiger partial charge is 0.478 e. The normalized spacial score (nSPS) is 15.8. The Hall–Kier alpha value is -2.08. The molecule has 1 aromatic carbocycles. The summed E-state index contributed by atoms with van der Waals surface area (Å²) in [6.07, 6.45) is 4.82. The zero-order valence-corrected chi connectivity index (χ0v) is 11.7. The fraction of sp³-hybridized carbons (Fsp3) is 0.467. The lowest BCUT2D eigenvalue weighted by Gasteiger charge is -2.11. The molecule has 6 heteroatoms. The van der Waals surface area contributed by atoms with Crippen LogP contribution in [0.15, 0.2) is 23.0 Å². The Morgan fingerprint density at radius 3 is 2.86 bits per heavy atom. The van der Waals surface area contributed by atoms with Crippen molar-refractivity contribution < 1.29 is 14.6 Å². The first-order valence-corrected chi connectivity index (χ1v) is 7.23. The lowest BCUT2D eigenvalue weighted by Crippen LogP contribution is -2.22. The van der Waals surface area contributed by atoms with Crippen LogP contribution in [0.1, 0.15) is 36.0 Å². The number of hydrogen-bond donors (Lipinski definition) is 2. The van der Waals surface area contributed by atoms with Gasteiger partial charge in [-0.15, -0.1) is 0 Å². The maximum atomic E-state index is 12.0. The van der Waals surface area contributed by atoms with E-state index in [2.05, 4.69) is 4.98 Å². The highest BCUT2D eigenvalue weighted by Crippen LogP contribution is 2.21. The molecule has 1 aliphatic carbocycles. The quantitative estimate of drug-likeness (QED) is 0.882. The van der Waals surface area contributed by atoms with Crippen molar-refractivity contribution in [2.75, 3.05) is 6.61 Å². The highest BCUT2D eigenvalue weighted by molar-refractivity contribution is 6.01. The first kappa shape index (κ1) is 13.9. The molecule has 21 heavy (non-hydrogen) atoms. The van der Waals surface area contributed by atoms with Gasteiger partial charge in [-0.05, 0) is 25.0 Å². The predicted molar refractivity (Wildman–Crippen MR) is 77.7 cm³/mol. The molecular weight excluding hydrogens is 272 g/mol. The number of nitrogens with zero attached hydrogens (tertiary/aromatic N) is 1. The van der Waals surface area contributed by atoms with Crippen LogP contribution in [-0.4, -0.2) is 33.3 Å². The number of imidazole rings is 1. The first-order chi connectivity index (χ1) is 10.2. The van der Waals surface area contributed by atoms with E-state index in [-0.39, 0.29) is 17.4 Å². The molecule has 0 amide bonds. The number of H-pyrrole nitrogens is 1. The van der Waals surface area contributed by atoms with Crippen molar-refractivity contribution in [2.24, 2.45) is 0 Å². The minimum atomic E-state index is -1.04. The summed E-state index contributed by atoms with van der Waals surface area (Å²) >= 11 is 0. The number of ether oxygens (including phenoxy) is 1. The SMILES string of the molecule is O=C(O)c1cccc2[nH]c(=O)n(CCOC3CCCC3)c12. The van der Waals surface area contributed by atoms with Crippen LogP contribution in [0, 0.1) is 0 Å². The zero-order chi connectivity index (χ0) is 14.8. The van der Waals surface area contributed by atoms with E-state index in [9.17, 15) is 14.7 Å². The molecule has 0 radical (unpaired) electrons. The van der Waals surface area contributed by atoms with Crippen molar-refractivity contribution in [3.8, 4) is 0 Å². The second kappa shape index (κ2) is 5.73.